The molecule has 0 aromatic heterocycles. The molecule has 27 heavy (non-hydrogen) atoms. The van der Waals surface area contributed by atoms with Gasteiger partial charge in [-0.3, -0.25) is 19.3 Å². The average Bonchev–Trinajstić information content (AvgIpc) is 3.27. The van der Waals surface area contributed by atoms with Crippen molar-refractivity contribution in [3.63, 3.8) is 0 Å². The molecule has 4 rings (SSSR count). The molecule has 3 N–H and O–H groups in total. The highest BCUT2D eigenvalue weighted by atomic mass is 16.2. The molecule has 2 aliphatic carbocycles. The summed E-state index contributed by atoms with van der Waals surface area (Å²) in [5.74, 6) is -0.473. The third kappa shape index (κ3) is 2.63. The van der Waals surface area contributed by atoms with E-state index in [0.717, 1.165) is 32.1 Å². The minimum Gasteiger partial charge on any atom is -0.352 e. The Bertz CT molecular complexity index is 698. The first-order chi connectivity index (χ1) is 12.8. The Morgan fingerprint density at radius 1 is 1.19 bits per heavy atom. The van der Waals surface area contributed by atoms with Gasteiger partial charge >= 0.3 is 6.03 Å². The van der Waals surface area contributed by atoms with Crippen molar-refractivity contribution in [3.05, 3.63) is 0 Å². The lowest BCUT2D eigenvalue weighted by atomic mass is 9.64. The van der Waals surface area contributed by atoms with Crippen LogP contribution in [0.15, 0.2) is 0 Å². The number of carbonyl (C=O) groups is 4. The van der Waals surface area contributed by atoms with E-state index in [-0.39, 0.29) is 41.6 Å². The molecular weight excluding hydrogens is 348 g/mol. The van der Waals surface area contributed by atoms with E-state index in [1.165, 1.54) is 4.90 Å². The van der Waals surface area contributed by atoms with Gasteiger partial charge in [-0.15, -0.1) is 0 Å². The normalized spacial score (nSPS) is 29.7. The Hall–Kier alpha value is -2.12. The van der Waals surface area contributed by atoms with Crippen LogP contribution in [0.4, 0.5) is 4.79 Å². The Kier molecular flexibility index (Phi) is 4.20. The van der Waals surface area contributed by atoms with E-state index >= 15 is 0 Å². The number of imide groups is 1. The van der Waals surface area contributed by atoms with Gasteiger partial charge < -0.3 is 16.0 Å². The van der Waals surface area contributed by atoms with Gasteiger partial charge in [0, 0.05) is 12.5 Å². The molecule has 148 valence electrons. The van der Waals surface area contributed by atoms with Crippen LogP contribution in [0, 0.1) is 17.3 Å². The van der Waals surface area contributed by atoms with Crippen LogP contribution in [-0.4, -0.2) is 58.2 Å². The van der Waals surface area contributed by atoms with Gasteiger partial charge in [0.15, 0.2) is 0 Å². The Balaban J connectivity index is 1.63. The quantitative estimate of drug-likeness (QED) is 0.700. The first-order valence-electron chi connectivity index (χ1n) is 10.0. The third-order valence-electron chi connectivity index (χ3n) is 6.83. The Labute approximate surface area is 158 Å². The summed E-state index contributed by atoms with van der Waals surface area (Å²) in [6.45, 7) is 4.21. The predicted molar refractivity (Wildman–Crippen MR) is 96.1 cm³/mol. The van der Waals surface area contributed by atoms with Crippen LogP contribution in [0.2, 0.25) is 0 Å². The fourth-order valence-corrected chi connectivity index (χ4v) is 5.18. The van der Waals surface area contributed by atoms with Crippen LogP contribution in [-0.2, 0) is 14.4 Å². The van der Waals surface area contributed by atoms with Gasteiger partial charge in [-0.2, -0.15) is 0 Å². The zero-order valence-electron chi connectivity index (χ0n) is 15.9. The number of amides is 5. The zero-order chi connectivity index (χ0) is 19.5. The smallest absolute Gasteiger partial charge is 0.312 e. The summed E-state index contributed by atoms with van der Waals surface area (Å²) in [4.78, 5) is 53.9. The predicted octanol–water partition coefficient (Wildman–Crippen LogP) is 0.598. The number of nitrogens with one attached hydrogen (secondary N) is 1. The molecular formula is C19H28N4O4. The highest BCUT2D eigenvalue weighted by molar-refractivity contribution is 6.04. The second-order valence-corrected chi connectivity index (χ2v) is 8.86. The number of nitrogens with zero attached hydrogens (tertiary/aromatic N) is 2. The van der Waals surface area contributed by atoms with Crippen molar-refractivity contribution in [2.24, 2.45) is 23.0 Å². The summed E-state index contributed by atoms with van der Waals surface area (Å²) in [5.41, 5.74) is 4.65. The van der Waals surface area contributed by atoms with E-state index in [4.69, 9.17) is 5.73 Å². The maximum Gasteiger partial charge on any atom is 0.312 e. The van der Waals surface area contributed by atoms with Gasteiger partial charge in [0.05, 0.1) is 17.5 Å². The minimum absolute atomic E-state index is 0.0190. The van der Waals surface area contributed by atoms with E-state index in [1.807, 2.05) is 13.8 Å². The molecule has 2 aliphatic heterocycles. The summed E-state index contributed by atoms with van der Waals surface area (Å²) in [5, 5.41) is 2.55. The number of rotatable bonds is 4. The molecule has 1 spiro atoms. The van der Waals surface area contributed by atoms with Crippen LogP contribution in [0.25, 0.3) is 0 Å². The lowest BCUT2D eigenvalue weighted by Crippen LogP contribution is -2.58. The van der Waals surface area contributed by atoms with Crippen LogP contribution >= 0.6 is 0 Å². The number of hydrogen-bond acceptors (Lipinski definition) is 4. The fourth-order valence-electron chi connectivity index (χ4n) is 5.18. The highest BCUT2D eigenvalue weighted by Crippen LogP contribution is 2.56. The van der Waals surface area contributed by atoms with Crippen LogP contribution in [0.1, 0.15) is 52.4 Å². The number of nitrogens with two attached hydrogens (primary N) is 1. The maximum atomic E-state index is 13.3. The summed E-state index contributed by atoms with van der Waals surface area (Å²) < 4.78 is 0. The lowest BCUT2D eigenvalue weighted by molar-refractivity contribution is -0.152. The summed E-state index contributed by atoms with van der Waals surface area (Å²) in [7, 11) is 0. The minimum atomic E-state index is -0.732. The first-order valence-corrected chi connectivity index (χ1v) is 10.0. The molecule has 0 bridgehead atoms. The molecule has 8 nitrogen and oxygen atoms in total. The number of primary amides is 1. The molecule has 4 fully saturated rings. The van der Waals surface area contributed by atoms with Crippen molar-refractivity contribution in [1.82, 2.24) is 15.1 Å². The van der Waals surface area contributed by atoms with Crippen LogP contribution < -0.4 is 11.1 Å². The highest BCUT2D eigenvalue weighted by Gasteiger charge is 2.68. The average molecular weight is 376 g/mol. The van der Waals surface area contributed by atoms with Gasteiger partial charge in [-0.25, -0.2) is 4.79 Å². The third-order valence-corrected chi connectivity index (χ3v) is 6.83. The van der Waals surface area contributed by atoms with Gasteiger partial charge in [0.25, 0.3) is 0 Å². The molecule has 5 amide bonds. The Morgan fingerprint density at radius 3 is 2.33 bits per heavy atom. The molecule has 0 aromatic rings. The molecule has 0 unspecified atom stereocenters. The number of fused-ring (bicyclic) bond motifs is 2. The van der Waals surface area contributed by atoms with Gasteiger partial charge in [0.2, 0.25) is 17.7 Å². The monoisotopic (exact) mass is 376 g/mol. The number of likely N-dealkylation sites (tertiary alicyclic amines) is 2. The van der Waals surface area contributed by atoms with E-state index in [0.29, 0.717) is 13.0 Å². The van der Waals surface area contributed by atoms with E-state index in [2.05, 4.69) is 5.32 Å². The van der Waals surface area contributed by atoms with Crippen LogP contribution in [0.5, 0.6) is 0 Å². The van der Waals surface area contributed by atoms with Crippen molar-refractivity contribution in [3.8, 4) is 0 Å². The molecule has 2 saturated heterocycles. The largest absolute Gasteiger partial charge is 0.352 e. The maximum absolute atomic E-state index is 13.3. The standard InChI is InChI=1S/C19H28N4O4/c1-10(2)13(21-18(20)27)16(25)22-9-6-12-14(22)19(7-3-8-19)17(26)23(12)15(24)11-4-5-11/h10-14H,3-9H2,1-2H3,(H3,20,21,27)/t12-,13-,14-/m0/s1. The molecule has 8 heteroatoms. The molecule has 3 atom stereocenters. The summed E-state index contributed by atoms with van der Waals surface area (Å²) in [6.07, 6.45) is 4.71. The molecule has 2 heterocycles. The van der Waals surface area contributed by atoms with Gasteiger partial charge in [-0.05, 0) is 38.0 Å². The Morgan fingerprint density at radius 2 is 1.85 bits per heavy atom. The topological polar surface area (TPSA) is 113 Å². The molecule has 0 radical (unpaired) electrons. The van der Waals surface area contributed by atoms with Gasteiger partial charge in [0.1, 0.15) is 6.04 Å². The SMILES string of the molecule is CC(C)[C@H](NC(N)=O)C(=O)N1CC[C@H]2[C@H]1C1(CCC1)C(=O)N2C(=O)C1CC1. The second-order valence-electron chi connectivity index (χ2n) is 8.86. The number of hydrogen-bond donors (Lipinski definition) is 2. The number of carbonyl (C=O) groups excluding carboxylic acids is 4. The van der Waals surface area contributed by atoms with E-state index in [1.54, 1.807) is 4.90 Å². The molecule has 2 saturated carbocycles. The molecule has 4 aliphatic rings. The van der Waals surface area contributed by atoms with Crippen molar-refractivity contribution < 1.29 is 19.2 Å². The number of urea groups is 1. The second kappa shape index (κ2) is 6.21. The van der Waals surface area contributed by atoms with Crippen molar-refractivity contribution >= 4 is 23.8 Å². The van der Waals surface area contributed by atoms with Crippen molar-refractivity contribution in [2.45, 2.75) is 70.5 Å². The lowest BCUT2D eigenvalue weighted by Gasteiger charge is -2.44. The van der Waals surface area contributed by atoms with Crippen molar-refractivity contribution in [2.75, 3.05) is 6.54 Å². The van der Waals surface area contributed by atoms with Crippen LogP contribution in [0.3, 0.4) is 0 Å². The first kappa shape index (κ1) is 18.3. The van der Waals surface area contributed by atoms with E-state index in [9.17, 15) is 19.2 Å². The van der Waals surface area contributed by atoms with E-state index < -0.39 is 17.5 Å². The van der Waals surface area contributed by atoms with Gasteiger partial charge in [-0.1, -0.05) is 20.3 Å². The molecule has 0 aromatic carbocycles. The zero-order valence-corrected chi connectivity index (χ0v) is 15.9. The summed E-state index contributed by atoms with van der Waals surface area (Å²) in [6, 6.07) is -1.95. The fraction of sp³-hybridized carbons (Fsp3) is 0.789. The summed E-state index contributed by atoms with van der Waals surface area (Å²) >= 11 is 0. The van der Waals surface area contributed by atoms with Crippen molar-refractivity contribution in [1.29, 1.82) is 0 Å².